The van der Waals surface area contributed by atoms with Crippen molar-refractivity contribution in [3.63, 3.8) is 0 Å². The van der Waals surface area contributed by atoms with Gasteiger partial charge in [0, 0.05) is 36.2 Å². The molecule has 0 bridgehead atoms. The van der Waals surface area contributed by atoms with E-state index < -0.39 is 11.6 Å². The average molecular weight is 301 g/mol. The maximum atomic E-state index is 14.0. The van der Waals surface area contributed by atoms with Crippen LogP contribution in [0.1, 0.15) is 27.2 Å². The minimum atomic E-state index is -0.634. The van der Waals surface area contributed by atoms with Crippen molar-refractivity contribution in [3.05, 3.63) is 17.7 Å². The van der Waals surface area contributed by atoms with E-state index in [9.17, 15) is 8.78 Å². The molecule has 1 fully saturated rings. The summed E-state index contributed by atoms with van der Waals surface area (Å²) in [5.41, 5.74) is 0. The van der Waals surface area contributed by atoms with Crippen LogP contribution in [0.3, 0.4) is 0 Å². The van der Waals surface area contributed by atoms with Gasteiger partial charge in [0.05, 0.1) is 0 Å². The largest absolute Gasteiger partial charge is 0.368 e. The summed E-state index contributed by atoms with van der Waals surface area (Å²) in [4.78, 5) is 6.06. The first kappa shape index (κ1) is 15.4. The van der Waals surface area contributed by atoms with E-state index >= 15 is 0 Å². The van der Waals surface area contributed by atoms with Crippen molar-refractivity contribution in [2.24, 2.45) is 0 Å². The van der Waals surface area contributed by atoms with Crippen molar-refractivity contribution in [1.29, 1.82) is 0 Å². The van der Waals surface area contributed by atoms with E-state index in [1.165, 1.54) is 0 Å². The van der Waals surface area contributed by atoms with Crippen molar-refractivity contribution in [2.75, 3.05) is 35.6 Å². The number of rotatable bonds is 4. The number of anilines is 2. The Morgan fingerprint density at radius 3 is 2.80 bits per heavy atom. The number of nitrogens with one attached hydrogen (secondary N) is 1. The van der Waals surface area contributed by atoms with E-state index in [0.29, 0.717) is 13.1 Å². The fourth-order valence-electron chi connectivity index (χ4n) is 2.24. The van der Waals surface area contributed by atoms with Crippen molar-refractivity contribution in [3.8, 4) is 0 Å². The fraction of sp³-hybridized carbons (Fsp3) is 0.643. The molecule has 3 nitrogen and oxygen atoms in total. The van der Waals surface area contributed by atoms with Crippen LogP contribution in [-0.4, -0.2) is 35.1 Å². The lowest BCUT2D eigenvalue weighted by Crippen LogP contribution is -2.44. The summed E-state index contributed by atoms with van der Waals surface area (Å²) in [7, 11) is 0. The molecule has 20 heavy (non-hydrogen) atoms. The Morgan fingerprint density at radius 1 is 1.40 bits per heavy atom. The molecule has 0 amide bonds. The van der Waals surface area contributed by atoms with Crippen molar-refractivity contribution in [1.82, 2.24) is 4.98 Å². The van der Waals surface area contributed by atoms with Crippen molar-refractivity contribution < 1.29 is 8.78 Å². The summed E-state index contributed by atoms with van der Waals surface area (Å²) >= 11 is 1.86. The van der Waals surface area contributed by atoms with Gasteiger partial charge in [0.2, 0.25) is 0 Å². The van der Waals surface area contributed by atoms with Crippen LogP contribution in [0, 0.1) is 11.6 Å². The summed E-state index contributed by atoms with van der Waals surface area (Å²) < 4.78 is 27.7. The third-order valence-corrected chi connectivity index (χ3v) is 4.48. The molecular weight excluding hydrogens is 280 g/mol. The van der Waals surface area contributed by atoms with Crippen molar-refractivity contribution >= 4 is 23.4 Å². The zero-order chi connectivity index (χ0) is 14.8. The normalized spacial score (nSPS) is 18.1. The highest BCUT2D eigenvalue weighted by atomic mass is 32.2. The molecule has 1 aromatic heterocycles. The minimum Gasteiger partial charge on any atom is -0.368 e. The maximum Gasteiger partial charge on any atom is 0.168 e. The third kappa shape index (κ3) is 3.53. The van der Waals surface area contributed by atoms with Gasteiger partial charge in [0.25, 0.3) is 0 Å². The summed E-state index contributed by atoms with van der Waals surface area (Å²) in [5, 5.41) is 2.91. The first-order valence-electron chi connectivity index (χ1n) is 6.92. The number of nitrogens with zero attached hydrogens (tertiary/aromatic N) is 2. The van der Waals surface area contributed by atoms with Gasteiger partial charge >= 0.3 is 0 Å². The number of thioether (sulfide) groups is 1. The van der Waals surface area contributed by atoms with Crippen LogP contribution in [0.25, 0.3) is 0 Å². The van der Waals surface area contributed by atoms with Gasteiger partial charge in [-0.25, -0.2) is 13.8 Å². The molecule has 6 heteroatoms. The predicted octanol–water partition coefficient (Wildman–Crippen LogP) is 3.51. The molecule has 0 saturated carbocycles. The standard InChI is InChI=1S/C14H21F2N3S/c1-4-5-17-12-10(15)8-11(16)13(18-12)19-6-7-20-14(2,3)9-19/h8H,4-7,9H2,1-3H3,(H,17,18). The van der Waals surface area contributed by atoms with Crippen LogP contribution < -0.4 is 10.2 Å². The third-order valence-electron chi connectivity index (χ3n) is 3.18. The van der Waals surface area contributed by atoms with E-state index in [0.717, 1.165) is 24.8 Å². The minimum absolute atomic E-state index is 0.0533. The number of halogens is 2. The van der Waals surface area contributed by atoms with Crippen LogP contribution in [0.5, 0.6) is 0 Å². The molecule has 0 spiro atoms. The van der Waals surface area contributed by atoms with Crippen LogP contribution in [0.2, 0.25) is 0 Å². The second-order valence-electron chi connectivity index (χ2n) is 5.58. The fourth-order valence-corrected chi connectivity index (χ4v) is 3.35. The lowest BCUT2D eigenvalue weighted by molar-refractivity contribution is 0.560. The Morgan fingerprint density at radius 2 is 2.15 bits per heavy atom. The SMILES string of the molecule is CCCNc1nc(N2CCSC(C)(C)C2)c(F)cc1F. The van der Waals surface area contributed by atoms with Gasteiger partial charge < -0.3 is 10.2 Å². The number of hydrogen-bond acceptors (Lipinski definition) is 4. The second kappa shape index (κ2) is 6.16. The quantitative estimate of drug-likeness (QED) is 0.921. The molecule has 2 heterocycles. The lowest BCUT2D eigenvalue weighted by Gasteiger charge is -2.38. The second-order valence-corrected chi connectivity index (χ2v) is 7.38. The molecule has 0 aliphatic carbocycles. The molecule has 1 aliphatic heterocycles. The molecule has 0 atom stereocenters. The molecule has 0 radical (unpaired) electrons. The first-order valence-corrected chi connectivity index (χ1v) is 7.90. The molecule has 1 N–H and O–H groups in total. The average Bonchev–Trinajstić information content (AvgIpc) is 2.36. The summed E-state index contributed by atoms with van der Waals surface area (Å²) in [6, 6.07) is 0.926. The van der Waals surface area contributed by atoms with E-state index in [1.54, 1.807) is 0 Å². The molecule has 112 valence electrons. The van der Waals surface area contributed by atoms with E-state index in [4.69, 9.17) is 0 Å². The predicted molar refractivity (Wildman–Crippen MR) is 81.7 cm³/mol. The van der Waals surface area contributed by atoms with Gasteiger partial charge in [0.15, 0.2) is 23.3 Å². The van der Waals surface area contributed by atoms with Crippen LogP contribution in [0.15, 0.2) is 6.07 Å². The van der Waals surface area contributed by atoms with E-state index in [1.807, 2.05) is 23.6 Å². The summed E-state index contributed by atoms with van der Waals surface area (Å²) in [5.74, 6) is 0.0821. The number of aromatic nitrogens is 1. The molecule has 1 saturated heterocycles. The number of hydrogen-bond donors (Lipinski definition) is 1. The Balaban J connectivity index is 2.26. The van der Waals surface area contributed by atoms with Gasteiger partial charge in [-0.15, -0.1) is 0 Å². The molecule has 0 aromatic carbocycles. The Labute approximate surface area is 123 Å². The van der Waals surface area contributed by atoms with E-state index in [-0.39, 0.29) is 16.4 Å². The molecule has 1 aromatic rings. The molecular formula is C14H21F2N3S. The number of pyridine rings is 1. The Hall–Kier alpha value is -1.04. The highest BCUT2D eigenvalue weighted by Crippen LogP contribution is 2.33. The van der Waals surface area contributed by atoms with Crippen molar-refractivity contribution in [2.45, 2.75) is 31.9 Å². The first-order chi connectivity index (χ1) is 9.43. The van der Waals surface area contributed by atoms with Gasteiger partial charge in [-0.2, -0.15) is 11.8 Å². The smallest absolute Gasteiger partial charge is 0.168 e. The topological polar surface area (TPSA) is 28.2 Å². The maximum absolute atomic E-state index is 14.0. The Bertz CT molecular complexity index is 480. The van der Waals surface area contributed by atoms with Gasteiger partial charge in [-0.1, -0.05) is 6.92 Å². The molecule has 2 rings (SSSR count). The van der Waals surface area contributed by atoms with Crippen LogP contribution in [0.4, 0.5) is 20.4 Å². The lowest BCUT2D eigenvalue weighted by atomic mass is 10.2. The van der Waals surface area contributed by atoms with Gasteiger partial charge in [-0.05, 0) is 20.3 Å². The Kier molecular flexibility index (Phi) is 4.73. The highest BCUT2D eigenvalue weighted by molar-refractivity contribution is 8.00. The molecule has 1 aliphatic rings. The zero-order valence-electron chi connectivity index (χ0n) is 12.2. The highest BCUT2D eigenvalue weighted by Gasteiger charge is 2.29. The zero-order valence-corrected chi connectivity index (χ0v) is 13.0. The van der Waals surface area contributed by atoms with Crippen LogP contribution in [-0.2, 0) is 0 Å². The van der Waals surface area contributed by atoms with Crippen LogP contribution >= 0.6 is 11.8 Å². The van der Waals surface area contributed by atoms with Gasteiger partial charge in [-0.3, -0.25) is 0 Å². The summed E-state index contributed by atoms with van der Waals surface area (Å²) in [6.45, 7) is 8.30. The molecule has 0 unspecified atom stereocenters. The summed E-state index contributed by atoms with van der Waals surface area (Å²) in [6.07, 6.45) is 0.862. The monoisotopic (exact) mass is 301 g/mol. The van der Waals surface area contributed by atoms with E-state index in [2.05, 4.69) is 24.1 Å². The van der Waals surface area contributed by atoms with Gasteiger partial charge in [0.1, 0.15) is 0 Å².